The molecule has 1 unspecified atom stereocenters. The quantitative estimate of drug-likeness (QED) is 0.614. The van der Waals surface area contributed by atoms with Gasteiger partial charge in [0.05, 0.1) is 6.54 Å². The van der Waals surface area contributed by atoms with Crippen LogP contribution in [0.5, 0.6) is 0 Å². The van der Waals surface area contributed by atoms with Gasteiger partial charge in [0, 0.05) is 6.04 Å². The van der Waals surface area contributed by atoms with E-state index in [1.807, 2.05) is 0 Å². The molecule has 3 heteroatoms. The number of rotatable bonds is 2. The van der Waals surface area contributed by atoms with Crippen molar-refractivity contribution in [2.75, 3.05) is 6.54 Å². The van der Waals surface area contributed by atoms with Crippen molar-refractivity contribution < 1.29 is 4.79 Å². The van der Waals surface area contributed by atoms with Gasteiger partial charge < -0.3 is 10.6 Å². The lowest BCUT2D eigenvalue weighted by Gasteiger charge is -2.44. The fourth-order valence-electron chi connectivity index (χ4n) is 1.47. The standard InChI is InChI=1S/C10H16N2O/c1-4-7-11-9(13)12-8-5-6-10(8,2)3/h1,8H,5-7H2,2-3H3,(H2,11,12,13). The van der Waals surface area contributed by atoms with E-state index in [0.717, 1.165) is 6.42 Å². The van der Waals surface area contributed by atoms with Gasteiger partial charge in [-0.05, 0) is 18.3 Å². The maximum atomic E-state index is 11.2. The SMILES string of the molecule is C#CCNC(=O)NC1CCC1(C)C. The van der Waals surface area contributed by atoms with Crippen molar-refractivity contribution in [2.45, 2.75) is 32.7 Å². The Kier molecular flexibility index (Phi) is 2.82. The lowest BCUT2D eigenvalue weighted by molar-refractivity contribution is 0.114. The van der Waals surface area contributed by atoms with Crippen molar-refractivity contribution in [3.05, 3.63) is 0 Å². The van der Waals surface area contributed by atoms with Crippen molar-refractivity contribution in [2.24, 2.45) is 5.41 Å². The first-order chi connectivity index (χ1) is 6.06. The largest absolute Gasteiger partial charge is 0.335 e. The van der Waals surface area contributed by atoms with Gasteiger partial charge >= 0.3 is 6.03 Å². The Morgan fingerprint density at radius 3 is 2.77 bits per heavy atom. The van der Waals surface area contributed by atoms with E-state index in [2.05, 4.69) is 30.4 Å². The number of urea groups is 1. The topological polar surface area (TPSA) is 41.1 Å². The number of carbonyl (C=O) groups excluding carboxylic acids is 1. The summed E-state index contributed by atoms with van der Waals surface area (Å²) in [5.41, 5.74) is 0.244. The van der Waals surface area contributed by atoms with Crippen molar-refractivity contribution in [1.29, 1.82) is 0 Å². The maximum absolute atomic E-state index is 11.2. The molecule has 0 radical (unpaired) electrons. The molecule has 3 nitrogen and oxygen atoms in total. The highest BCUT2D eigenvalue weighted by molar-refractivity contribution is 5.74. The Balaban J connectivity index is 2.26. The number of hydrogen-bond donors (Lipinski definition) is 2. The molecule has 2 N–H and O–H groups in total. The molecule has 0 spiro atoms. The molecule has 0 aromatic rings. The Bertz CT molecular complexity index is 240. The Hall–Kier alpha value is -1.17. The summed E-state index contributed by atoms with van der Waals surface area (Å²) in [4.78, 5) is 11.2. The van der Waals surface area contributed by atoms with E-state index in [1.165, 1.54) is 6.42 Å². The lowest BCUT2D eigenvalue weighted by atomic mass is 9.67. The molecular weight excluding hydrogens is 164 g/mol. The van der Waals surface area contributed by atoms with Crippen LogP contribution in [0.2, 0.25) is 0 Å². The number of amides is 2. The van der Waals surface area contributed by atoms with Gasteiger partial charge in [0.1, 0.15) is 0 Å². The second kappa shape index (κ2) is 3.69. The minimum atomic E-state index is -0.157. The van der Waals surface area contributed by atoms with Crippen LogP contribution < -0.4 is 10.6 Å². The van der Waals surface area contributed by atoms with Crippen LogP contribution >= 0.6 is 0 Å². The molecule has 0 bridgehead atoms. The van der Waals surface area contributed by atoms with Crippen molar-refractivity contribution >= 4 is 6.03 Å². The van der Waals surface area contributed by atoms with E-state index in [-0.39, 0.29) is 11.4 Å². The highest BCUT2D eigenvalue weighted by Crippen LogP contribution is 2.39. The normalized spacial score (nSPS) is 23.9. The zero-order valence-corrected chi connectivity index (χ0v) is 8.18. The summed E-state index contributed by atoms with van der Waals surface area (Å²) in [5, 5.41) is 5.48. The third-order valence-electron chi connectivity index (χ3n) is 2.68. The predicted molar refractivity (Wildman–Crippen MR) is 52.2 cm³/mol. The monoisotopic (exact) mass is 180 g/mol. The molecule has 1 fully saturated rings. The van der Waals surface area contributed by atoms with Crippen molar-refractivity contribution in [3.8, 4) is 12.3 Å². The second-order valence-electron chi connectivity index (χ2n) is 4.11. The molecule has 1 aliphatic rings. The van der Waals surface area contributed by atoms with Crippen LogP contribution in [-0.4, -0.2) is 18.6 Å². The average molecular weight is 180 g/mol. The van der Waals surface area contributed by atoms with Gasteiger partial charge in [0.2, 0.25) is 0 Å². The van der Waals surface area contributed by atoms with E-state index in [1.54, 1.807) is 0 Å². The average Bonchev–Trinajstić information content (AvgIpc) is 2.09. The number of nitrogens with one attached hydrogen (secondary N) is 2. The summed E-state index contributed by atoms with van der Waals surface area (Å²) in [6, 6.07) is 0.140. The van der Waals surface area contributed by atoms with E-state index in [4.69, 9.17) is 6.42 Å². The highest BCUT2D eigenvalue weighted by atomic mass is 16.2. The molecule has 1 saturated carbocycles. The lowest BCUT2D eigenvalue weighted by Crippen LogP contribution is -2.54. The molecule has 0 aromatic carbocycles. The van der Waals surface area contributed by atoms with Gasteiger partial charge in [-0.1, -0.05) is 19.8 Å². The third-order valence-corrected chi connectivity index (χ3v) is 2.68. The molecule has 72 valence electrons. The zero-order chi connectivity index (χ0) is 9.90. The first-order valence-corrected chi connectivity index (χ1v) is 4.54. The minimum absolute atomic E-state index is 0.157. The summed E-state index contributed by atoms with van der Waals surface area (Å²) in [5.74, 6) is 2.36. The van der Waals surface area contributed by atoms with Gasteiger partial charge in [-0.15, -0.1) is 6.42 Å². The molecule has 13 heavy (non-hydrogen) atoms. The highest BCUT2D eigenvalue weighted by Gasteiger charge is 2.39. The fraction of sp³-hybridized carbons (Fsp3) is 0.700. The molecule has 0 heterocycles. The summed E-state index contributed by atoms with van der Waals surface area (Å²) in [7, 11) is 0. The van der Waals surface area contributed by atoms with E-state index in [0.29, 0.717) is 12.6 Å². The Morgan fingerprint density at radius 1 is 1.69 bits per heavy atom. The van der Waals surface area contributed by atoms with Gasteiger partial charge in [0.25, 0.3) is 0 Å². The molecule has 1 rings (SSSR count). The molecule has 2 amide bonds. The van der Waals surface area contributed by atoms with Crippen molar-refractivity contribution in [3.63, 3.8) is 0 Å². The van der Waals surface area contributed by atoms with E-state index in [9.17, 15) is 4.79 Å². The van der Waals surface area contributed by atoms with Crippen LogP contribution in [0, 0.1) is 17.8 Å². The first-order valence-electron chi connectivity index (χ1n) is 4.54. The zero-order valence-electron chi connectivity index (χ0n) is 8.18. The molecular formula is C10H16N2O. The summed E-state index contributed by atoms with van der Waals surface area (Å²) in [6.45, 7) is 4.60. The van der Waals surface area contributed by atoms with Crippen LogP contribution in [0.25, 0.3) is 0 Å². The Morgan fingerprint density at radius 2 is 2.38 bits per heavy atom. The maximum Gasteiger partial charge on any atom is 0.315 e. The second-order valence-corrected chi connectivity index (χ2v) is 4.11. The number of hydrogen-bond acceptors (Lipinski definition) is 1. The van der Waals surface area contributed by atoms with Crippen LogP contribution in [0.3, 0.4) is 0 Å². The van der Waals surface area contributed by atoms with Crippen molar-refractivity contribution in [1.82, 2.24) is 10.6 Å². The molecule has 1 atom stereocenters. The first kappa shape index (κ1) is 9.91. The molecule has 1 aliphatic carbocycles. The van der Waals surface area contributed by atoms with Crippen LogP contribution in [0.1, 0.15) is 26.7 Å². The van der Waals surface area contributed by atoms with Gasteiger partial charge in [-0.2, -0.15) is 0 Å². The summed E-state index contributed by atoms with van der Waals surface area (Å²) in [6.07, 6.45) is 7.25. The summed E-state index contributed by atoms with van der Waals surface area (Å²) >= 11 is 0. The molecule has 0 aromatic heterocycles. The van der Waals surface area contributed by atoms with Crippen LogP contribution in [-0.2, 0) is 0 Å². The van der Waals surface area contributed by atoms with E-state index >= 15 is 0 Å². The predicted octanol–water partition coefficient (Wildman–Crippen LogP) is 1.11. The minimum Gasteiger partial charge on any atom is -0.335 e. The number of terminal acetylenes is 1. The van der Waals surface area contributed by atoms with Gasteiger partial charge in [0.15, 0.2) is 0 Å². The van der Waals surface area contributed by atoms with Gasteiger partial charge in [-0.3, -0.25) is 0 Å². The molecule has 0 aliphatic heterocycles. The Labute approximate surface area is 79.3 Å². The fourth-order valence-corrected chi connectivity index (χ4v) is 1.47. The van der Waals surface area contributed by atoms with E-state index < -0.39 is 0 Å². The van der Waals surface area contributed by atoms with Crippen LogP contribution in [0.4, 0.5) is 4.79 Å². The third kappa shape index (κ3) is 2.38. The van der Waals surface area contributed by atoms with Gasteiger partial charge in [-0.25, -0.2) is 4.79 Å². The smallest absolute Gasteiger partial charge is 0.315 e. The summed E-state index contributed by atoms with van der Waals surface area (Å²) < 4.78 is 0. The molecule has 0 saturated heterocycles. The number of carbonyl (C=O) groups is 1. The van der Waals surface area contributed by atoms with Crippen LogP contribution in [0.15, 0.2) is 0 Å².